The first kappa shape index (κ1) is 11.7. The Morgan fingerprint density at radius 1 is 1.53 bits per heavy atom. The van der Waals surface area contributed by atoms with Crippen LogP contribution in [0.3, 0.4) is 0 Å². The molecule has 0 aliphatic heterocycles. The summed E-state index contributed by atoms with van der Waals surface area (Å²) in [7, 11) is 1.86. The lowest BCUT2D eigenvalue weighted by Crippen LogP contribution is -2.10. The zero-order valence-electron chi connectivity index (χ0n) is 10.1. The zero-order valence-corrected chi connectivity index (χ0v) is 10.1. The minimum Gasteiger partial charge on any atom is -0.482 e. The Morgan fingerprint density at radius 3 is 3.12 bits per heavy atom. The predicted octanol–water partition coefficient (Wildman–Crippen LogP) is 1.70. The van der Waals surface area contributed by atoms with Gasteiger partial charge in [0, 0.05) is 19.2 Å². The third kappa shape index (κ3) is 3.35. The Labute approximate surface area is 100 Å². The highest BCUT2D eigenvalue weighted by Gasteiger charge is 2.03. The zero-order chi connectivity index (χ0) is 12.1. The molecule has 0 amide bonds. The van der Waals surface area contributed by atoms with E-state index in [-0.39, 0.29) is 0 Å². The van der Waals surface area contributed by atoms with Crippen molar-refractivity contribution in [1.82, 2.24) is 15.1 Å². The van der Waals surface area contributed by atoms with Gasteiger partial charge in [-0.15, -0.1) is 0 Å². The van der Waals surface area contributed by atoms with Crippen LogP contribution in [-0.2, 0) is 20.2 Å². The van der Waals surface area contributed by atoms with Gasteiger partial charge in [0.15, 0.2) is 5.75 Å². The number of hydrogen-bond acceptors (Lipinski definition) is 4. The fourth-order valence-corrected chi connectivity index (χ4v) is 1.49. The minimum atomic E-state index is 0.428. The van der Waals surface area contributed by atoms with Crippen molar-refractivity contribution >= 4 is 0 Å². The molecule has 0 saturated heterocycles. The van der Waals surface area contributed by atoms with Crippen molar-refractivity contribution in [3.8, 4) is 5.75 Å². The van der Waals surface area contributed by atoms with Gasteiger partial charge in [-0.3, -0.25) is 4.68 Å². The third-order valence-electron chi connectivity index (χ3n) is 2.35. The van der Waals surface area contributed by atoms with Crippen LogP contribution < -0.4 is 10.1 Å². The third-order valence-corrected chi connectivity index (χ3v) is 2.35. The summed E-state index contributed by atoms with van der Waals surface area (Å²) < 4.78 is 12.6. The standard InChI is InChI=1S/C12H17N3O2/c1-3-13-5-10-4-11(16-8-10)9-17-12-6-14-15(2)7-12/h4,6-8,13H,3,5,9H2,1-2H3. The summed E-state index contributed by atoms with van der Waals surface area (Å²) in [6.07, 6.45) is 5.26. The van der Waals surface area contributed by atoms with E-state index < -0.39 is 0 Å². The molecule has 0 bridgehead atoms. The van der Waals surface area contributed by atoms with E-state index in [0.717, 1.165) is 30.2 Å². The summed E-state index contributed by atoms with van der Waals surface area (Å²) in [5.41, 5.74) is 1.14. The second kappa shape index (κ2) is 5.54. The Morgan fingerprint density at radius 2 is 2.41 bits per heavy atom. The summed E-state index contributed by atoms with van der Waals surface area (Å²) in [6, 6.07) is 2.00. The maximum atomic E-state index is 5.53. The summed E-state index contributed by atoms with van der Waals surface area (Å²) in [5, 5.41) is 7.27. The molecule has 1 N–H and O–H groups in total. The van der Waals surface area contributed by atoms with Crippen LogP contribution in [-0.4, -0.2) is 16.3 Å². The van der Waals surface area contributed by atoms with Crippen LogP contribution >= 0.6 is 0 Å². The first-order valence-corrected chi connectivity index (χ1v) is 5.66. The van der Waals surface area contributed by atoms with Gasteiger partial charge < -0.3 is 14.5 Å². The average Bonchev–Trinajstić information content (AvgIpc) is 2.93. The van der Waals surface area contributed by atoms with Crippen molar-refractivity contribution in [2.24, 2.45) is 7.05 Å². The number of nitrogens with zero attached hydrogens (tertiary/aromatic N) is 2. The van der Waals surface area contributed by atoms with Crippen molar-refractivity contribution in [1.29, 1.82) is 0 Å². The quantitative estimate of drug-likeness (QED) is 0.828. The van der Waals surface area contributed by atoms with Gasteiger partial charge in [0.25, 0.3) is 0 Å². The smallest absolute Gasteiger partial charge is 0.157 e. The Hall–Kier alpha value is -1.75. The number of aryl methyl sites for hydroxylation is 1. The van der Waals surface area contributed by atoms with E-state index in [1.165, 1.54) is 0 Å². The van der Waals surface area contributed by atoms with Crippen molar-refractivity contribution < 1.29 is 9.15 Å². The predicted molar refractivity (Wildman–Crippen MR) is 63.6 cm³/mol. The molecule has 5 heteroatoms. The molecule has 2 rings (SSSR count). The second-order valence-corrected chi connectivity index (χ2v) is 3.84. The van der Waals surface area contributed by atoms with Gasteiger partial charge in [0.2, 0.25) is 0 Å². The highest BCUT2D eigenvalue weighted by atomic mass is 16.5. The molecule has 2 aromatic heterocycles. The average molecular weight is 235 g/mol. The summed E-state index contributed by atoms with van der Waals surface area (Å²) in [4.78, 5) is 0. The molecule has 17 heavy (non-hydrogen) atoms. The maximum absolute atomic E-state index is 5.53. The molecule has 2 heterocycles. The monoisotopic (exact) mass is 235 g/mol. The Bertz CT molecular complexity index is 462. The van der Waals surface area contributed by atoms with Crippen LogP contribution in [0.15, 0.2) is 29.1 Å². The molecule has 92 valence electrons. The molecular formula is C12H17N3O2. The van der Waals surface area contributed by atoms with E-state index in [9.17, 15) is 0 Å². The highest BCUT2D eigenvalue weighted by Crippen LogP contribution is 2.13. The van der Waals surface area contributed by atoms with Gasteiger partial charge in [0.1, 0.15) is 12.4 Å². The number of aromatic nitrogens is 2. The maximum Gasteiger partial charge on any atom is 0.157 e. The van der Waals surface area contributed by atoms with Gasteiger partial charge in [0.05, 0.1) is 18.7 Å². The SMILES string of the molecule is CCNCc1coc(COc2cnn(C)c2)c1. The number of nitrogens with one attached hydrogen (secondary N) is 1. The summed E-state index contributed by atoms with van der Waals surface area (Å²) in [6.45, 7) is 4.28. The van der Waals surface area contributed by atoms with E-state index in [2.05, 4.69) is 17.3 Å². The van der Waals surface area contributed by atoms with Gasteiger partial charge >= 0.3 is 0 Å². The first-order chi connectivity index (χ1) is 8.28. The van der Waals surface area contributed by atoms with Gasteiger partial charge in [-0.25, -0.2) is 0 Å². The van der Waals surface area contributed by atoms with Crippen molar-refractivity contribution in [3.63, 3.8) is 0 Å². The molecule has 0 radical (unpaired) electrons. The van der Waals surface area contributed by atoms with Crippen LogP contribution in [0.2, 0.25) is 0 Å². The van der Waals surface area contributed by atoms with Crippen LogP contribution in [0.4, 0.5) is 0 Å². The molecule has 0 aromatic carbocycles. The lowest BCUT2D eigenvalue weighted by molar-refractivity contribution is 0.270. The fourth-order valence-electron chi connectivity index (χ4n) is 1.49. The number of hydrogen-bond donors (Lipinski definition) is 1. The molecular weight excluding hydrogens is 218 g/mol. The lowest BCUT2D eigenvalue weighted by atomic mass is 10.3. The molecule has 0 aliphatic rings. The molecule has 0 unspecified atom stereocenters. The minimum absolute atomic E-state index is 0.428. The van der Waals surface area contributed by atoms with E-state index in [0.29, 0.717) is 6.61 Å². The van der Waals surface area contributed by atoms with Crippen LogP contribution in [0.1, 0.15) is 18.2 Å². The molecule has 0 saturated carbocycles. The second-order valence-electron chi connectivity index (χ2n) is 3.84. The number of furan rings is 1. The van der Waals surface area contributed by atoms with E-state index >= 15 is 0 Å². The largest absolute Gasteiger partial charge is 0.482 e. The fraction of sp³-hybridized carbons (Fsp3) is 0.417. The van der Waals surface area contributed by atoms with Gasteiger partial charge in [-0.05, 0) is 12.6 Å². The van der Waals surface area contributed by atoms with E-state index in [1.54, 1.807) is 17.1 Å². The summed E-state index contributed by atoms with van der Waals surface area (Å²) >= 11 is 0. The van der Waals surface area contributed by atoms with E-state index in [1.807, 2.05) is 19.3 Å². The van der Waals surface area contributed by atoms with Gasteiger partial charge in [-0.2, -0.15) is 5.10 Å². The molecule has 0 fully saturated rings. The molecule has 2 aromatic rings. The van der Waals surface area contributed by atoms with Crippen LogP contribution in [0.5, 0.6) is 5.75 Å². The molecule has 5 nitrogen and oxygen atoms in total. The number of ether oxygens (including phenoxy) is 1. The topological polar surface area (TPSA) is 52.2 Å². The Balaban J connectivity index is 1.84. The lowest BCUT2D eigenvalue weighted by Gasteiger charge is -1.99. The highest BCUT2D eigenvalue weighted by molar-refractivity contribution is 5.15. The normalized spacial score (nSPS) is 10.7. The van der Waals surface area contributed by atoms with Gasteiger partial charge in [-0.1, -0.05) is 6.92 Å². The van der Waals surface area contributed by atoms with E-state index in [4.69, 9.17) is 9.15 Å². The number of rotatable bonds is 6. The summed E-state index contributed by atoms with van der Waals surface area (Å²) in [5.74, 6) is 1.57. The first-order valence-electron chi connectivity index (χ1n) is 5.66. The Kier molecular flexibility index (Phi) is 3.82. The molecule has 0 aliphatic carbocycles. The van der Waals surface area contributed by atoms with Crippen molar-refractivity contribution in [2.75, 3.05) is 6.54 Å². The van der Waals surface area contributed by atoms with Crippen molar-refractivity contribution in [3.05, 3.63) is 36.0 Å². The van der Waals surface area contributed by atoms with Crippen LogP contribution in [0, 0.1) is 0 Å². The molecule has 0 spiro atoms. The van der Waals surface area contributed by atoms with Crippen molar-refractivity contribution in [2.45, 2.75) is 20.1 Å². The van der Waals surface area contributed by atoms with Crippen LogP contribution in [0.25, 0.3) is 0 Å². The molecule has 0 atom stereocenters.